The lowest BCUT2D eigenvalue weighted by Gasteiger charge is -2.22. The second kappa shape index (κ2) is 4.68. The Hall–Kier alpha value is -2.44. The fourth-order valence-corrected chi connectivity index (χ4v) is 2.13. The van der Waals surface area contributed by atoms with Gasteiger partial charge in [0.05, 0.1) is 0 Å². The first-order valence-electron chi connectivity index (χ1n) is 5.77. The Balaban J connectivity index is 2.39. The van der Waals surface area contributed by atoms with Crippen LogP contribution in [0.1, 0.15) is 33.3 Å². The minimum Gasteiger partial charge on any atom is -0.364 e. The van der Waals surface area contributed by atoms with Gasteiger partial charge >= 0.3 is 0 Å². The number of pyridine rings is 1. The summed E-state index contributed by atoms with van der Waals surface area (Å²) in [6.45, 7) is 1.79. The summed E-state index contributed by atoms with van der Waals surface area (Å²) < 4.78 is 0. The van der Waals surface area contributed by atoms with Crippen LogP contribution in [-0.2, 0) is 11.3 Å². The average molecular weight is 262 g/mol. The van der Waals surface area contributed by atoms with Crippen LogP contribution in [0.5, 0.6) is 0 Å². The number of primary amides is 1. The third kappa shape index (κ3) is 2.03. The normalized spacial score (nSPS) is 15.1. The van der Waals surface area contributed by atoms with Gasteiger partial charge in [-0.3, -0.25) is 19.4 Å². The molecule has 0 saturated carbocycles. The van der Waals surface area contributed by atoms with Crippen molar-refractivity contribution in [2.75, 3.05) is 7.05 Å². The zero-order valence-corrected chi connectivity index (χ0v) is 10.6. The highest BCUT2D eigenvalue weighted by molar-refractivity contribution is 6.04. The minimum atomic E-state index is -0.681. The third-order valence-electron chi connectivity index (χ3n) is 3.20. The number of nitrogens with two attached hydrogens (primary N) is 1. The second-order valence-electron chi connectivity index (χ2n) is 4.27. The van der Waals surface area contributed by atoms with Gasteiger partial charge in [0.1, 0.15) is 11.7 Å². The maximum atomic E-state index is 12.2. The number of nitrogens with zero attached hydrogens (tertiary/aromatic N) is 2. The third-order valence-corrected chi connectivity index (χ3v) is 3.20. The summed E-state index contributed by atoms with van der Waals surface area (Å²) in [6, 6.07) is 0.909. The Bertz CT molecular complexity index is 570. The summed E-state index contributed by atoms with van der Waals surface area (Å²) >= 11 is 0. The van der Waals surface area contributed by atoms with Gasteiger partial charge in [0, 0.05) is 30.9 Å². The maximum Gasteiger partial charge on any atom is 0.267 e. The number of likely N-dealkylation sites (N-methyl/N-ethyl adjacent to an activating group) is 1. The summed E-state index contributed by atoms with van der Waals surface area (Å²) in [7, 11) is 1.50. The molecule has 1 aromatic heterocycles. The molecule has 0 aliphatic carbocycles. The first kappa shape index (κ1) is 13.0. The van der Waals surface area contributed by atoms with E-state index in [-0.39, 0.29) is 24.1 Å². The topological polar surface area (TPSA) is 105 Å². The SMILES string of the molecule is CNC(=O)[C@H](C)N1Cc2c(ccnc2C(N)=O)C1=O. The van der Waals surface area contributed by atoms with Crippen molar-refractivity contribution in [3.63, 3.8) is 0 Å². The van der Waals surface area contributed by atoms with Gasteiger partial charge in [-0.1, -0.05) is 0 Å². The fourth-order valence-electron chi connectivity index (χ4n) is 2.13. The molecule has 0 bridgehead atoms. The van der Waals surface area contributed by atoms with Crippen molar-refractivity contribution in [2.45, 2.75) is 19.5 Å². The van der Waals surface area contributed by atoms with E-state index in [0.717, 1.165) is 0 Å². The van der Waals surface area contributed by atoms with E-state index in [1.54, 1.807) is 6.92 Å². The predicted octanol–water partition coefficient (Wildman–Crippen LogP) is -0.729. The Morgan fingerprint density at radius 3 is 2.79 bits per heavy atom. The molecule has 0 spiro atoms. The molecule has 0 unspecified atom stereocenters. The van der Waals surface area contributed by atoms with Crippen LogP contribution in [0.3, 0.4) is 0 Å². The Labute approximate surface area is 109 Å². The molecule has 0 fully saturated rings. The Kier molecular flexibility index (Phi) is 3.20. The number of carbonyl (C=O) groups is 3. The van der Waals surface area contributed by atoms with Gasteiger partial charge in [-0.05, 0) is 13.0 Å². The van der Waals surface area contributed by atoms with Crippen molar-refractivity contribution in [3.05, 3.63) is 29.1 Å². The van der Waals surface area contributed by atoms with Gasteiger partial charge < -0.3 is 16.0 Å². The van der Waals surface area contributed by atoms with Crippen molar-refractivity contribution >= 4 is 17.7 Å². The van der Waals surface area contributed by atoms with E-state index >= 15 is 0 Å². The van der Waals surface area contributed by atoms with Gasteiger partial charge in [-0.25, -0.2) is 0 Å². The molecule has 100 valence electrons. The standard InChI is InChI=1S/C12H14N4O3/c1-6(11(18)14-2)16-5-8-7(12(16)19)3-4-15-9(8)10(13)17/h3-4,6H,5H2,1-2H3,(H2,13,17)(H,14,18)/t6-/m0/s1. The smallest absolute Gasteiger partial charge is 0.267 e. The van der Waals surface area contributed by atoms with E-state index in [0.29, 0.717) is 11.1 Å². The number of fused-ring (bicyclic) bond motifs is 1. The van der Waals surface area contributed by atoms with Crippen LogP contribution in [0.2, 0.25) is 0 Å². The molecule has 3 N–H and O–H groups in total. The highest BCUT2D eigenvalue weighted by atomic mass is 16.2. The summed E-state index contributed by atoms with van der Waals surface area (Å²) in [5.41, 5.74) is 6.17. The molecule has 3 amide bonds. The summed E-state index contributed by atoms with van der Waals surface area (Å²) in [4.78, 5) is 40.4. The van der Waals surface area contributed by atoms with Crippen molar-refractivity contribution in [1.29, 1.82) is 0 Å². The lowest BCUT2D eigenvalue weighted by atomic mass is 10.1. The van der Waals surface area contributed by atoms with Gasteiger partial charge in [-0.2, -0.15) is 0 Å². The highest BCUT2D eigenvalue weighted by Crippen LogP contribution is 2.26. The van der Waals surface area contributed by atoms with Gasteiger partial charge in [-0.15, -0.1) is 0 Å². The van der Waals surface area contributed by atoms with E-state index in [1.807, 2.05) is 0 Å². The molecular weight excluding hydrogens is 248 g/mol. The van der Waals surface area contributed by atoms with Crippen LogP contribution < -0.4 is 11.1 Å². The zero-order chi connectivity index (χ0) is 14.2. The molecule has 0 saturated heterocycles. The van der Waals surface area contributed by atoms with Crippen LogP contribution in [-0.4, -0.2) is 40.7 Å². The van der Waals surface area contributed by atoms with E-state index in [9.17, 15) is 14.4 Å². The number of amides is 3. The molecule has 0 aromatic carbocycles. The largest absolute Gasteiger partial charge is 0.364 e. The van der Waals surface area contributed by atoms with E-state index in [2.05, 4.69) is 10.3 Å². The molecule has 1 aliphatic heterocycles. The Morgan fingerprint density at radius 2 is 2.21 bits per heavy atom. The van der Waals surface area contributed by atoms with E-state index in [4.69, 9.17) is 5.73 Å². The number of aromatic nitrogens is 1. The van der Waals surface area contributed by atoms with Crippen molar-refractivity contribution < 1.29 is 14.4 Å². The van der Waals surface area contributed by atoms with Crippen molar-refractivity contribution in [2.24, 2.45) is 5.73 Å². The fraction of sp³-hybridized carbons (Fsp3) is 0.333. The van der Waals surface area contributed by atoms with Gasteiger partial charge in [0.25, 0.3) is 11.8 Å². The monoisotopic (exact) mass is 262 g/mol. The van der Waals surface area contributed by atoms with Crippen LogP contribution in [0.15, 0.2) is 12.3 Å². The molecule has 2 heterocycles. The summed E-state index contributed by atoms with van der Waals surface area (Å²) in [6.07, 6.45) is 1.37. The van der Waals surface area contributed by atoms with Crippen LogP contribution in [0.25, 0.3) is 0 Å². The van der Waals surface area contributed by atoms with Crippen molar-refractivity contribution in [3.8, 4) is 0 Å². The average Bonchev–Trinajstić information content (AvgIpc) is 2.74. The first-order chi connectivity index (χ1) is 8.97. The second-order valence-corrected chi connectivity index (χ2v) is 4.27. The lowest BCUT2D eigenvalue weighted by Crippen LogP contribution is -2.44. The molecule has 1 atom stereocenters. The molecular formula is C12H14N4O3. The van der Waals surface area contributed by atoms with Crippen LogP contribution in [0, 0.1) is 0 Å². The molecule has 1 aliphatic rings. The number of hydrogen-bond acceptors (Lipinski definition) is 4. The number of carbonyl (C=O) groups excluding carboxylic acids is 3. The highest BCUT2D eigenvalue weighted by Gasteiger charge is 2.35. The number of rotatable bonds is 3. The molecule has 19 heavy (non-hydrogen) atoms. The molecule has 2 rings (SSSR count). The Morgan fingerprint density at radius 1 is 1.53 bits per heavy atom. The summed E-state index contributed by atoms with van der Waals surface area (Å²) in [5.74, 6) is -1.25. The molecule has 7 nitrogen and oxygen atoms in total. The molecule has 0 radical (unpaired) electrons. The summed E-state index contributed by atoms with van der Waals surface area (Å²) in [5, 5.41) is 2.49. The quantitative estimate of drug-likeness (QED) is 0.749. The lowest BCUT2D eigenvalue weighted by molar-refractivity contribution is -0.124. The van der Waals surface area contributed by atoms with E-state index < -0.39 is 11.9 Å². The van der Waals surface area contributed by atoms with E-state index in [1.165, 1.54) is 24.2 Å². The predicted molar refractivity (Wildman–Crippen MR) is 66.2 cm³/mol. The molecule has 1 aromatic rings. The number of nitrogens with one attached hydrogen (secondary N) is 1. The van der Waals surface area contributed by atoms with Crippen LogP contribution >= 0.6 is 0 Å². The first-order valence-corrected chi connectivity index (χ1v) is 5.77. The minimum absolute atomic E-state index is 0.0810. The van der Waals surface area contributed by atoms with Crippen molar-refractivity contribution in [1.82, 2.24) is 15.2 Å². The molecule has 7 heteroatoms. The maximum absolute atomic E-state index is 12.2. The zero-order valence-electron chi connectivity index (χ0n) is 10.6. The van der Waals surface area contributed by atoms with Gasteiger partial charge in [0.2, 0.25) is 5.91 Å². The van der Waals surface area contributed by atoms with Gasteiger partial charge in [0.15, 0.2) is 0 Å². The van der Waals surface area contributed by atoms with Crippen LogP contribution in [0.4, 0.5) is 0 Å². The number of hydrogen-bond donors (Lipinski definition) is 2.